The van der Waals surface area contributed by atoms with Gasteiger partial charge in [-0.3, -0.25) is 24.2 Å². The molecule has 14 heteroatoms. The van der Waals surface area contributed by atoms with Crippen molar-refractivity contribution in [2.75, 3.05) is 33.3 Å². The molecule has 0 amide bonds. The van der Waals surface area contributed by atoms with Crippen molar-refractivity contribution in [3.05, 3.63) is 39.4 Å². The van der Waals surface area contributed by atoms with Crippen molar-refractivity contribution in [1.29, 1.82) is 5.26 Å². The highest BCUT2D eigenvalue weighted by molar-refractivity contribution is 7.99. The van der Waals surface area contributed by atoms with Gasteiger partial charge < -0.3 is 33.5 Å². The third kappa shape index (κ3) is 5.28. The molecule has 4 aliphatic heterocycles. The summed E-state index contributed by atoms with van der Waals surface area (Å²) in [5.41, 5.74) is 4.13. The Balaban J connectivity index is 1.68. The fraction of sp³-hybridized carbons (Fsp3) is 0.529. The molecule has 4 aliphatic rings. The lowest BCUT2D eigenvalue weighted by Crippen LogP contribution is -2.69. The second-order valence-corrected chi connectivity index (χ2v) is 13.8. The molecule has 0 radical (unpaired) electrons. The highest BCUT2D eigenvalue weighted by Gasteiger charge is 2.60. The molecule has 0 aromatic heterocycles. The SMILES string of the molecule is COc1c(C)cc2c(c1O)[C@H]1C3[C@H](SC[C@@H](C)OC(C)=O)c4c(OC(C)=O)c(C)c5c(c4[C@H](COC=O)N3[C@@H](C#N)[C@H](C2)N1C)OCO5. The van der Waals surface area contributed by atoms with Crippen LogP contribution in [0, 0.1) is 25.2 Å². The van der Waals surface area contributed by atoms with Crippen LogP contribution in [0.3, 0.4) is 0 Å². The lowest BCUT2D eigenvalue weighted by Gasteiger charge is -2.61. The number of thioether (sulfide) groups is 1. The van der Waals surface area contributed by atoms with Crippen LogP contribution in [-0.4, -0.2) is 90.9 Å². The molecule has 0 spiro atoms. The summed E-state index contributed by atoms with van der Waals surface area (Å²) in [6.45, 7) is 8.28. The number of rotatable bonds is 9. The van der Waals surface area contributed by atoms with Gasteiger partial charge in [-0.2, -0.15) is 5.26 Å². The average molecular weight is 682 g/mol. The minimum absolute atomic E-state index is 0.0174. The molecule has 1 fully saturated rings. The van der Waals surface area contributed by atoms with Gasteiger partial charge in [-0.15, -0.1) is 11.8 Å². The molecule has 0 saturated carbocycles. The van der Waals surface area contributed by atoms with Gasteiger partial charge >= 0.3 is 11.9 Å². The molecule has 13 nitrogen and oxygen atoms in total. The largest absolute Gasteiger partial charge is 0.504 e. The first kappa shape index (κ1) is 33.7. The first-order valence-electron chi connectivity index (χ1n) is 15.7. The fourth-order valence-electron chi connectivity index (χ4n) is 8.12. The van der Waals surface area contributed by atoms with E-state index in [0.29, 0.717) is 58.1 Å². The Kier molecular flexibility index (Phi) is 9.14. The standard InChI is InChI=1S/C34H39N3O10S/c1-15-8-20-9-21-22(10-35)37-23(11-43-13-38)25-26(31(47-19(5)40)17(3)32-33(25)45-14-44-32)34(48-12-16(2)46-18(4)39)28(37)27(36(21)6)24(20)29(41)30(15)42-7/h8,13,16,21-23,27-28,34,41H,9,11-12,14H2,1-7H3/t16-,21+,22+,23+,27+,28?,34-/m1/s1. The van der Waals surface area contributed by atoms with E-state index in [1.807, 2.05) is 20.0 Å². The molecule has 0 aliphatic carbocycles. The number of hydrogen-bond acceptors (Lipinski definition) is 14. The van der Waals surface area contributed by atoms with Crippen LogP contribution in [0.15, 0.2) is 6.07 Å². The summed E-state index contributed by atoms with van der Waals surface area (Å²) in [6.07, 6.45) is -0.00884. The van der Waals surface area contributed by atoms with E-state index in [2.05, 4.69) is 15.9 Å². The van der Waals surface area contributed by atoms with Crippen LogP contribution >= 0.6 is 11.8 Å². The smallest absolute Gasteiger partial charge is 0.308 e. The van der Waals surface area contributed by atoms with E-state index in [1.165, 1.54) is 32.7 Å². The summed E-state index contributed by atoms with van der Waals surface area (Å²) in [5.74, 6) is 0.884. The number of aryl methyl sites for hydroxylation is 1. The monoisotopic (exact) mass is 681 g/mol. The lowest BCUT2D eigenvalue weighted by atomic mass is 9.71. The zero-order chi connectivity index (χ0) is 34.6. The van der Waals surface area contributed by atoms with Crippen molar-refractivity contribution in [3.63, 3.8) is 0 Å². The molecule has 2 bridgehead atoms. The predicted molar refractivity (Wildman–Crippen MR) is 172 cm³/mol. The maximum Gasteiger partial charge on any atom is 0.308 e. The van der Waals surface area contributed by atoms with Crippen LogP contribution in [0.5, 0.6) is 28.7 Å². The van der Waals surface area contributed by atoms with Crippen LogP contribution in [0.1, 0.15) is 71.5 Å². The maximum atomic E-state index is 12.7. The second kappa shape index (κ2) is 13.0. The number of phenolic OH excluding ortho intramolecular Hbond substituents is 1. The number of carbonyl (C=O) groups excluding carboxylic acids is 3. The van der Waals surface area contributed by atoms with E-state index in [9.17, 15) is 24.8 Å². The molecule has 48 heavy (non-hydrogen) atoms. The number of esters is 2. The van der Waals surface area contributed by atoms with E-state index in [-0.39, 0.29) is 30.9 Å². The Labute approximate surface area is 282 Å². The van der Waals surface area contributed by atoms with Gasteiger partial charge in [0.2, 0.25) is 6.79 Å². The molecule has 2 aromatic rings. The number of ether oxygens (including phenoxy) is 6. The fourth-order valence-corrected chi connectivity index (χ4v) is 9.56. The highest BCUT2D eigenvalue weighted by atomic mass is 32.2. The Hall–Kier alpha value is -4.19. The average Bonchev–Trinajstić information content (AvgIpc) is 3.51. The van der Waals surface area contributed by atoms with Gasteiger partial charge in [0, 0.05) is 53.9 Å². The number of fused-ring (bicyclic) bond motifs is 9. The summed E-state index contributed by atoms with van der Waals surface area (Å²) in [4.78, 5) is 40.5. The molecule has 256 valence electrons. The van der Waals surface area contributed by atoms with Crippen LogP contribution in [-0.2, 0) is 30.3 Å². The van der Waals surface area contributed by atoms with Crippen LogP contribution in [0.25, 0.3) is 0 Å². The van der Waals surface area contributed by atoms with E-state index < -0.39 is 47.5 Å². The second-order valence-electron chi connectivity index (χ2n) is 12.6. The molecule has 4 heterocycles. The highest BCUT2D eigenvalue weighted by Crippen LogP contribution is 2.63. The minimum atomic E-state index is -0.720. The van der Waals surface area contributed by atoms with Crippen LogP contribution < -0.4 is 18.9 Å². The van der Waals surface area contributed by atoms with Crippen molar-refractivity contribution in [2.45, 2.75) is 82.6 Å². The summed E-state index contributed by atoms with van der Waals surface area (Å²) in [7, 11) is 3.46. The third-order valence-corrected chi connectivity index (χ3v) is 11.3. The van der Waals surface area contributed by atoms with Crippen LogP contribution in [0.4, 0.5) is 0 Å². The van der Waals surface area contributed by atoms with E-state index in [0.717, 1.165) is 11.1 Å². The first-order chi connectivity index (χ1) is 22.9. The molecular weight excluding hydrogens is 642 g/mol. The Morgan fingerprint density at radius 1 is 1.17 bits per heavy atom. The zero-order valence-corrected chi connectivity index (χ0v) is 28.7. The van der Waals surface area contributed by atoms with Crippen molar-refractivity contribution in [1.82, 2.24) is 9.80 Å². The molecular formula is C34H39N3O10S. The summed E-state index contributed by atoms with van der Waals surface area (Å²) < 4.78 is 34.6. The summed E-state index contributed by atoms with van der Waals surface area (Å²) >= 11 is 1.48. The lowest BCUT2D eigenvalue weighted by molar-refractivity contribution is -0.144. The first-order valence-corrected chi connectivity index (χ1v) is 16.8. The number of likely N-dealkylation sites (N-methyl/N-ethyl adjacent to an activating group) is 1. The molecule has 1 saturated heterocycles. The van der Waals surface area contributed by atoms with Crippen molar-refractivity contribution in [2.24, 2.45) is 0 Å². The third-order valence-electron chi connectivity index (χ3n) is 9.75. The molecule has 2 aromatic carbocycles. The number of nitrogens with zero attached hydrogens (tertiary/aromatic N) is 3. The normalized spacial score (nSPS) is 25.9. The van der Waals surface area contributed by atoms with Gasteiger partial charge in [-0.05, 0) is 45.4 Å². The van der Waals surface area contributed by atoms with Gasteiger partial charge in [0.1, 0.15) is 24.5 Å². The number of phenols is 1. The molecule has 7 atom stereocenters. The number of aromatic hydroxyl groups is 1. The van der Waals surface area contributed by atoms with E-state index in [4.69, 9.17) is 28.4 Å². The van der Waals surface area contributed by atoms with Gasteiger partial charge in [0.25, 0.3) is 6.47 Å². The Bertz CT molecular complexity index is 1710. The quantitative estimate of drug-likeness (QED) is 0.232. The van der Waals surface area contributed by atoms with Gasteiger partial charge in [0.05, 0.1) is 30.5 Å². The molecule has 1 N–H and O–H groups in total. The number of hydrogen-bond donors (Lipinski definition) is 1. The maximum absolute atomic E-state index is 12.7. The Morgan fingerprint density at radius 3 is 2.54 bits per heavy atom. The Morgan fingerprint density at radius 2 is 1.90 bits per heavy atom. The number of benzene rings is 2. The molecule has 1 unspecified atom stereocenters. The van der Waals surface area contributed by atoms with Crippen molar-refractivity contribution in [3.8, 4) is 34.8 Å². The number of piperazine rings is 1. The van der Waals surface area contributed by atoms with Crippen molar-refractivity contribution < 1.29 is 47.9 Å². The van der Waals surface area contributed by atoms with Gasteiger partial charge in [-0.25, -0.2) is 0 Å². The van der Waals surface area contributed by atoms with Gasteiger partial charge in [-0.1, -0.05) is 6.07 Å². The predicted octanol–water partition coefficient (Wildman–Crippen LogP) is 3.80. The summed E-state index contributed by atoms with van der Waals surface area (Å²) in [5, 5.41) is 22.2. The minimum Gasteiger partial charge on any atom is -0.504 e. The van der Waals surface area contributed by atoms with Crippen molar-refractivity contribution >= 4 is 30.2 Å². The van der Waals surface area contributed by atoms with E-state index >= 15 is 0 Å². The van der Waals surface area contributed by atoms with Crippen LogP contribution in [0.2, 0.25) is 0 Å². The topological polar surface area (TPSA) is 157 Å². The zero-order valence-electron chi connectivity index (χ0n) is 27.9. The molecule has 6 rings (SSSR count). The number of carbonyl (C=O) groups is 3. The van der Waals surface area contributed by atoms with E-state index in [1.54, 1.807) is 13.8 Å². The van der Waals surface area contributed by atoms with Gasteiger partial charge in [0.15, 0.2) is 23.0 Å². The summed E-state index contributed by atoms with van der Waals surface area (Å²) in [6, 6.07) is 1.79. The number of methoxy groups -OCH3 is 1. The number of nitriles is 1.